The summed E-state index contributed by atoms with van der Waals surface area (Å²) in [7, 11) is 1.61. The van der Waals surface area contributed by atoms with Gasteiger partial charge < -0.3 is 11.1 Å². The van der Waals surface area contributed by atoms with Crippen LogP contribution in [0.3, 0.4) is 0 Å². The van der Waals surface area contributed by atoms with Crippen LogP contribution in [0.1, 0.15) is 32.6 Å². The Hall–Kier alpha value is -0.570. The molecule has 1 atom stereocenters. The first-order valence-electron chi connectivity index (χ1n) is 4.19. The molecule has 3 heteroatoms. The zero-order valence-electron chi connectivity index (χ0n) is 7.39. The van der Waals surface area contributed by atoms with Crippen LogP contribution in [0.5, 0.6) is 0 Å². The molecule has 0 saturated carbocycles. The molecule has 0 aliphatic carbocycles. The number of carbonyl (C=O) groups is 1. The van der Waals surface area contributed by atoms with Gasteiger partial charge in [0.25, 0.3) is 0 Å². The summed E-state index contributed by atoms with van der Waals surface area (Å²) in [6.07, 6.45) is 4.17. The molecule has 0 fully saturated rings. The Morgan fingerprint density at radius 1 is 1.55 bits per heavy atom. The SMILES string of the molecule is CCCCC[C@@H](N)C(=O)NC. The summed E-state index contributed by atoms with van der Waals surface area (Å²) in [5.41, 5.74) is 5.56. The number of carbonyl (C=O) groups excluding carboxylic acids is 1. The van der Waals surface area contributed by atoms with Gasteiger partial charge in [0.1, 0.15) is 0 Å². The average Bonchev–Trinajstić information content (AvgIpc) is 2.03. The predicted octanol–water partition coefficient (Wildman–Crippen LogP) is 0.640. The lowest BCUT2D eigenvalue weighted by molar-refractivity contribution is -0.122. The van der Waals surface area contributed by atoms with Crippen LogP contribution in [0.4, 0.5) is 0 Å². The molecule has 0 bridgehead atoms. The van der Waals surface area contributed by atoms with Crippen molar-refractivity contribution in [3.05, 3.63) is 0 Å². The van der Waals surface area contributed by atoms with E-state index in [0.29, 0.717) is 0 Å². The maximum atomic E-state index is 10.9. The molecule has 0 aliphatic rings. The molecule has 0 rings (SSSR count). The van der Waals surface area contributed by atoms with E-state index >= 15 is 0 Å². The summed E-state index contributed by atoms with van der Waals surface area (Å²) < 4.78 is 0. The molecule has 3 N–H and O–H groups in total. The summed E-state index contributed by atoms with van der Waals surface area (Å²) >= 11 is 0. The van der Waals surface area contributed by atoms with Crippen LogP contribution < -0.4 is 11.1 Å². The van der Waals surface area contributed by atoms with Crippen molar-refractivity contribution >= 4 is 5.91 Å². The Kier molecular flexibility index (Phi) is 5.84. The number of likely N-dealkylation sites (N-methyl/N-ethyl adjacent to an activating group) is 1. The molecule has 0 heterocycles. The average molecular weight is 158 g/mol. The molecule has 1 amide bonds. The van der Waals surface area contributed by atoms with E-state index in [1.165, 1.54) is 6.42 Å². The Balaban J connectivity index is 3.36. The van der Waals surface area contributed by atoms with Gasteiger partial charge in [0.05, 0.1) is 6.04 Å². The van der Waals surface area contributed by atoms with E-state index in [1.54, 1.807) is 7.05 Å². The predicted molar refractivity (Wildman–Crippen MR) is 46.2 cm³/mol. The van der Waals surface area contributed by atoms with Crippen molar-refractivity contribution in [3.8, 4) is 0 Å². The standard InChI is InChI=1S/C8H18N2O/c1-3-4-5-6-7(9)8(11)10-2/h7H,3-6,9H2,1-2H3,(H,10,11)/t7-/m1/s1. The van der Waals surface area contributed by atoms with Crippen molar-refractivity contribution < 1.29 is 4.79 Å². The van der Waals surface area contributed by atoms with Gasteiger partial charge in [-0.3, -0.25) is 4.79 Å². The minimum Gasteiger partial charge on any atom is -0.358 e. The van der Waals surface area contributed by atoms with Crippen LogP contribution in [0.15, 0.2) is 0 Å². The minimum atomic E-state index is -0.313. The summed E-state index contributed by atoms with van der Waals surface area (Å²) in [5, 5.41) is 2.53. The second-order valence-corrected chi connectivity index (χ2v) is 2.72. The number of hydrogen-bond donors (Lipinski definition) is 2. The molecule has 0 aliphatic heterocycles. The van der Waals surface area contributed by atoms with Crippen molar-refractivity contribution in [2.45, 2.75) is 38.6 Å². The molecular weight excluding hydrogens is 140 g/mol. The quantitative estimate of drug-likeness (QED) is 0.577. The van der Waals surface area contributed by atoms with Crippen LogP contribution in [0.2, 0.25) is 0 Å². The number of hydrogen-bond acceptors (Lipinski definition) is 2. The van der Waals surface area contributed by atoms with E-state index in [0.717, 1.165) is 19.3 Å². The van der Waals surface area contributed by atoms with E-state index in [4.69, 9.17) is 5.73 Å². The van der Waals surface area contributed by atoms with Gasteiger partial charge >= 0.3 is 0 Å². The highest BCUT2D eigenvalue weighted by Crippen LogP contribution is 2.01. The number of nitrogens with two attached hydrogens (primary N) is 1. The highest BCUT2D eigenvalue weighted by Gasteiger charge is 2.09. The molecule has 0 aromatic carbocycles. The Bertz CT molecular complexity index is 115. The van der Waals surface area contributed by atoms with Crippen LogP contribution in [-0.4, -0.2) is 19.0 Å². The van der Waals surface area contributed by atoms with Crippen molar-refractivity contribution in [2.75, 3.05) is 7.05 Å². The largest absolute Gasteiger partial charge is 0.358 e. The second-order valence-electron chi connectivity index (χ2n) is 2.72. The number of rotatable bonds is 5. The van der Waals surface area contributed by atoms with E-state index in [2.05, 4.69) is 12.2 Å². The number of nitrogens with one attached hydrogen (secondary N) is 1. The topological polar surface area (TPSA) is 55.1 Å². The molecule has 0 aromatic rings. The van der Waals surface area contributed by atoms with E-state index in [1.807, 2.05) is 0 Å². The lowest BCUT2D eigenvalue weighted by Gasteiger charge is -2.08. The van der Waals surface area contributed by atoms with Crippen molar-refractivity contribution in [3.63, 3.8) is 0 Å². The lowest BCUT2D eigenvalue weighted by Crippen LogP contribution is -2.38. The third-order valence-electron chi connectivity index (χ3n) is 1.70. The van der Waals surface area contributed by atoms with Crippen LogP contribution in [0, 0.1) is 0 Å². The van der Waals surface area contributed by atoms with Crippen LogP contribution >= 0.6 is 0 Å². The monoisotopic (exact) mass is 158 g/mol. The fourth-order valence-electron chi connectivity index (χ4n) is 0.931. The fourth-order valence-corrected chi connectivity index (χ4v) is 0.931. The van der Waals surface area contributed by atoms with E-state index in [9.17, 15) is 4.79 Å². The maximum absolute atomic E-state index is 10.9. The molecule has 66 valence electrons. The highest BCUT2D eigenvalue weighted by atomic mass is 16.2. The zero-order valence-corrected chi connectivity index (χ0v) is 7.39. The van der Waals surface area contributed by atoms with Gasteiger partial charge in [-0.25, -0.2) is 0 Å². The van der Waals surface area contributed by atoms with Crippen LogP contribution in [0.25, 0.3) is 0 Å². The van der Waals surface area contributed by atoms with Crippen molar-refractivity contribution in [1.82, 2.24) is 5.32 Å². The normalized spacial score (nSPS) is 12.6. The van der Waals surface area contributed by atoms with E-state index < -0.39 is 0 Å². The Labute approximate surface area is 68.3 Å². The third kappa shape index (κ3) is 4.79. The first-order chi connectivity index (χ1) is 5.22. The van der Waals surface area contributed by atoms with Crippen molar-refractivity contribution in [2.24, 2.45) is 5.73 Å². The van der Waals surface area contributed by atoms with Gasteiger partial charge in [-0.15, -0.1) is 0 Å². The fraction of sp³-hybridized carbons (Fsp3) is 0.875. The first-order valence-corrected chi connectivity index (χ1v) is 4.19. The van der Waals surface area contributed by atoms with Gasteiger partial charge in [-0.2, -0.15) is 0 Å². The van der Waals surface area contributed by atoms with Gasteiger partial charge in [0.15, 0.2) is 0 Å². The lowest BCUT2D eigenvalue weighted by atomic mass is 10.1. The molecule has 0 spiro atoms. The van der Waals surface area contributed by atoms with Gasteiger partial charge in [0.2, 0.25) is 5.91 Å². The molecular formula is C8H18N2O. The zero-order chi connectivity index (χ0) is 8.69. The highest BCUT2D eigenvalue weighted by molar-refractivity contribution is 5.81. The second kappa shape index (κ2) is 6.16. The minimum absolute atomic E-state index is 0.0545. The van der Waals surface area contributed by atoms with E-state index in [-0.39, 0.29) is 11.9 Å². The Morgan fingerprint density at radius 2 is 2.18 bits per heavy atom. The Morgan fingerprint density at radius 3 is 2.64 bits per heavy atom. The van der Waals surface area contributed by atoms with Crippen LogP contribution in [-0.2, 0) is 4.79 Å². The summed E-state index contributed by atoms with van der Waals surface area (Å²) in [5.74, 6) is -0.0545. The van der Waals surface area contributed by atoms with Gasteiger partial charge in [-0.1, -0.05) is 26.2 Å². The molecule has 0 saturated heterocycles. The number of unbranched alkanes of at least 4 members (excludes halogenated alkanes) is 2. The molecule has 11 heavy (non-hydrogen) atoms. The third-order valence-corrected chi connectivity index (χ3v) is 1.70. The van der Waals surface area contributed by atoms with Crippen molar-refractivity contribution in [1.29, 1.82) is 0 Å². The molecule has 3 nitrogen and oxygen atoms in total. The first kappa shape index (κ1) is 10.4. The van der Waals surface area contributed by atoms with Gasteiger partial charge in [-0.05, 0) is 6.42 Å². The summed E-state index contributed by atoms with van der Waals surface area (Å²) in [6.45, 7) is 2.13. The maximum Gasteiger partial charge on any atom is 0.236 e. The molecule has 0 unspecified atom stereocenters. The molecule has 0 aromatic heterocycles. The summed E-state index contributed by atoms with van der Waals surface area (Å²) in [6, 6.07) is -0.313. The number of amides is 1. The molecule has 0 radical (unpaired) electrons. The van der Waals surface area contributed by atoms with Gasteiger partial charge in [0, 0.05) is 7.05 Å². The summed E-state index contributed by atoms with van der Waals surface area (Å²) in [4.78, 5) is 10.9. The smallest absolute Gasteiger partial charge is 0.236 e.